The number of hydrogen-bond donors (Lipinski definition) is 2. The third-order valence-corrected chi connectivity index (χ3v) is 5.31. The van der Waals surface area contributed by atoms with Gasteiger partial charge < -0.3 is 10.1 Å². The van der Waals surface area contributed by atoms with Crippen LogP contribution in [0.25, 0.3) is 0 Å². The zero-order valence-electron chi connectivity index (χ0n) is 15.7. The van der Waals surface area contributed by atoms with Crippen molar-refractivity contribution in [2.24, 2.45) is 0 Å². The van der Waals surface area contributed by atoms with Crippen molar-refractivity contribution in [2.75, 3.05) is 17.9 Å². The molecule has 0 aliphatic carbocycles. The standard InChI is InChI=1S/C20H26N2O4S/c1-3-4-5-14-21-20(23)15-26-18-10-12-19(13-11-18)27(24,25)22-17-8-6-16(2)7-9-17/h6-13,22H,3-5,14-15H2,1-2H3,(H,21,23). The summed E-state index contributed by atoms with van der Waals surface area (Å²) in [5.74, 6) is 0.247. The second-order valence-electron chi connectivity index (χ2n) is 6.29. The van der Waals surface area contributed by atoms with Crippen LogP contribution < -0.4 is 14.8 Å². The number of unbranched alkanes of at least 4 members (excludes halogenated alkanes) is 2. The Hall–Kier alpha value is -2.54. The number of ether oxygens (including phenoxy) is 1. The average molecular weight is 391 g/mol. The van der Waals surface area contributed by atoms with Crippen molar-refractivity contribution in [1.29, 1.82) is 0 Å². The molecule has 2 aromatic rings. The van der Waals surface area contributed by atoms with Crippen molar-refractivity contribution in [3.63, 3.8) is 0 Å². The van der Waals surface area contributed by atoms with E-state index in [1.165, 1.54) is 24.3 Å². The number of carbonyl (C=O) groups excluding carboxylic acids is 1. The van der Waals surface area contributed by atoms with Gasteiger partial charge in [-0.3, -0.25) is 9.52 Å². The van der Waals surface area contributed by atoms with Crippen molar-refractivity contribution in [1.82, 2.24) is 5.32 Å². The second-order valence-corrected chi connectivity index (χ2v) is 7.97. The molecule has 0 saturated heterocycles. The first-order valence-electron chi connectivity index (χ1n) is 9.00. The van der Waals surface area contributed by atoms with E-state index in [-0.39, 0.29) is 17.4 Å². The number of sulfonamides is 1. The molecule has 2 aromatic carbocycles. The molecule has 0 aromatic heterocycles. The SMILES string of the molecule is CCCCCNC(=O)COc1ccc(S(=O)(=O)Nc2ccc(C)cc2)cc1. The van der Waals surface area contributed by atoms with E-state index in [0.29, 0.717) is 18.0 Å². The van der Waals surface area contributed by atoms with Gasteiger partial charge in [0.2, 0.25) is 0 Å². The fraction of sp³-hybridized carbons (Fsp3) is 0.350. The highest BCUT2D eigenvalue weighted by molar-refractivity contribution is 7.92. The minimum Gasteiger partial charge on any atom is -0.484 e. The Labute approximate surface area is 161 Å². The van der Waals surface area contributed by atoms with E-state index >= 15 is 0 Å². The largest absolute Gasteiger partial charge is 0.484 e. The molecule has 0 aliphatic rings. The molecule has 0 unspecified atom stereocenters. The molecule has 0 bridgehead atoms. The summed E-state index contributed by atoms with van der Waals surface area (Å²) in [5, 5.41) is 2.78. The molecule has 0 aliphatic heterocycles. The molecular weight excluding hydrogens is 364 g/mol. The highest BCUT2D eigenvalue weighted by atomic mass is 32.2. The monoisotopic (exact) mass is 390 g/mol. The summed E-state index contributed by atoms with van der Waals surface area (Å²) in [6.07, 6.45) is 3.12. The summed E-state index contributed by atoms with van der Waals surface area (Å²) in [6, 6.07) is 13.1. The third kappa shape index (κ3) is 6.94. The van der Waals surface area contributed by atoms with E-state index in [1.54, 1.807) is 12.1 Å². The smallest absolute Gasteiger partial charge is 0.261 e. The lowest BCUT2D eigenvalue weighted by Crippen LogP contribution is -2.29. The van der Waals surface area contributed by atoms with Crippen LogP contribution in [-0.2, 0) is 14.8 Å². The van der Waals surface area contributed by atoms with Gasteiger partial charge in [-0.1, -0.05) is 37.5 Å². The van der Waals surface area contributed by atoms with Gasteiger partial charge in [0.25, 0.3) is 15.9 Å². The van der Waals surface area contributed by atoms with Gasteiger partial charge in [0, 0.05) is 12.2 Å². The Kier molecular flexibility index (Phi) is 7.67. The third-order valence-electron chi connectivity index (χ3n) is 3.91. The molecule has 2 N–H and O–H groups in total. The van der Waals surface area contributed by atoms with Gasteiger partial charge in [-0.2, -0.15) is 0 Å². The number of hydrogen-bond acceptors (Lipinski definition) is 4. The molecule has 7 heteroatoms. The summed E-state index contributed by atoms with van der Waals surface area (Å²) < 4.78 is 32.8. The van der Waals surface area contributed by atoms with E-state index in [0.717, 1.165) is 24.8 Å². The normalized spacial score (nSPS) is 11.0. The Morgan fingerprint density at radius 1 is 1.00 bits per heavy atom. The molecule has 1 amide bonds. The van der Waals surface area contributed by atoms with Crippen LogP contribution in [0, 0.1) is 6.92 Å². The number of anilines is 1. The number of nitrogens with one attached hydrogen (secondary N) is 2. The van der Waals surface area contributed by atoms with Gasteiger partial charge in [-0.15, -0.1) is 0 Å². The lowest BCUT2D eigenvalue weighted by molar-refractivity contribution is -0.123. The highest BCUT2D eigenvalue weighted by Gasteiger charge is 2.14. The van der Waals surface area contributed by atoms with Crippen molar-refractivity contribution in [2.45, 2.75) is 38.0 Å². The van der Waals surface area contributed by atoms with E-state index in [4.69, 9.17) is 4.74 Å². The van der Waals surface area contributed by atoms with Crippen LogP contribution in [0.1, 0.15) is 31.7 Å². The summed E-state index contributed by atoms with van der Waals surface area (Å²) in [7, 11) is -3.68. The van der Waals surface area contributed by atoms with Gasteiger partial charge in [0.1, 0.15) is 5.75 Å². The van der Waals surface area contributed by atoms with Crippen molar-refractivity contribution >= 4 is 21.6 Å². The lowest BCUT2D eigenvalue weighted by atomic mass is 10.2. The molecule has 0 radical (unpaired) electrons. The van der Waals surface area contributed by atoms with Crippen LogP contribution in [0.15, 0.2) is 53.4 Å². The quantitative estimate of drug-likeness (QED) is 0.608. The van der Waals surface area contributed by atoms with E-state index in [2.05, 4.69) is 17.0 Å². The minimum absolute atomic E-state index is 0.0974. The molecular formula is C20H26N2O4S. The number of benzene rings is 2. The summed E-state index contributed by atoms with van der Waals surface area (Å²) >= 11 is 0. The summed E-state index contributed by atoms with van der Waals surface area (Å²) in [6.45, 7) is 4.57. The molecule has 6 nitrogen and oxygen atoms in total. The van der Waals surface area contributed by atoms with Gasteiger partial charge in [0.15, 0.2) is 6.61 Å². The molecule has 146 valence electrons. The molecule has 2 rings (SSSR count). The summed E-state index contributed by atoms with van der Waals surface area (Å²) in [4.78, 5) is 11.8. The van der Waals surface area contributed by atoms with Gasteiger partial charge in [0.05, 0.1) is 4.90 Å². The summed E-state index contributed by atoms with van der Waals surface area (Å²) in [5.41, 5.74) is 1.55. The van der Waals surface area contributed by atoms with Gasteiger partial charge in [-0.05, 0) is 49.7 Å². The Morgan fingerprint density at radius 2 is 1.67 bits per heavy atom. The number of rotatable bonds is 10. The topological polar surface area (TPSA) is 84.5 Å². The van der Waals surface area contributed by atoms with Gasteiger partial charge in [-0.25, -0.2) is 8.42 Å². The fourth-order valence-electron chi connectivity index (χ4n) is 2.35. The van der Waals surface area contributed by atoms with Crippen LogP contribution in [0.5, 0.6) is 5.75 Å². The van der Waals surface area contributed by atoms with Crippen LogP contribution in [0.2, 0.25) is 0 Å². The maximum absolute atomic E-state index is 12.4. The van der Waals surface area contributed by atoms with Gasteiger partial charge >= 0.3 is 0 Å². The molecule has 27 heavy (non-hydrogen) atoms. The van der Waals surface area contributed by atoms with Crippen molar-refractivity contribution in [3.8, 4) is 5.75 Å². The highest BCUT2D eigenvalue weighted by Crippen LogP contribution is 2.19. The Bertz CT molecular complexity index is 831. The zero-order valence-corrected chi connectivity index (χ0v) is 16.5. The number of amides is 1. The van der Waals surface area contributed by atoms with Crippen LogP contribution in [0.3, 0.4) is 0 Å². The lowest BCUT2D eigenvalue weighted by Gasteiger charge is -2.10. The van der Waals surface area contributed by atoms with E-state index in [9.17, 15) is 13.2 Å². The van der Waals surface area contributed by atoms with Crippen LogP contribution in [-0.4, -0.2) is 27.5 Å². The fourth-order valence-corrected chi connectivity index (χ4v) is 3.41. The molecule has 0 spiro atoms. The Balaban J connectivity index is 1.88. The molecule has 0 saturated carbocycles. The van der Waals surface area contributed by atoms with Crippen LogP contribution >= 0.6 is 0 Å². The predicted molar refractivity (Wildman–Crippen MR) is 106 cm³/mol. The van der Waals surface area contributed by atoms with E-state index < -0.39 is 10.0 Å². The molecule has 0 fully saturated rings. The average Bonchev–Trinajstić information content (AvgIpc) is 2.65. The number of carbonyl (C=O) groups is 1. The maximum atomic E-state index is 12.4. The van der Waals surface area contributed by atoms with Crippen molar-refractivity contribution < 1.29 is 17.9 Å². The first-order chi connectivity index (χ1) is 12.9. The van der Waals surface area contributed by atoms with E-state index in [1.807, 2.05) is 19.1 Å². The maximum Gasteiger partial charge on any atom is 0.261 e. The number of aryl methyl sites for hydroxylation is 1. The minimum atomic E-state index is -3.68. The van der Waals surface area contributed by atoms with Crippen molar-refractivity contribution in [3.05, 3.63) is 54.1 Å². The Morgan fingerprint density at radius 3 is 2.30 bits per heavy atom. The predicted octanol–water partition coefficient (Wildman–Crippen LogP) is 3.48. The first-order valence-corrected chi connectivity index (χ1v) is 10.5. The molecule has 0 atom stereocenters. The first kappa shape index (κ1) is 20.8. The second kappa shape index (κ2) is 9.97. The van der Waals surface area contributed by atoms with Crippen LogP contribution in [0.4, 0.5) is 5.69 Å². The molecule has 0 heterocycles. The zero-order chi connectivity index (χ0) is 19.7.